The van der Waals surface area contributed by atoms with Crippen LogP contribution in [-0.4, -0.2) is 13.9 Å². The van der Waals surface area contributed by atoms with E-state index in [4.69, 9.17) is 16.3 Å². The van der Waals surface area contributed by atoms with Gasteiger partial charge in [0.15, 0.2) is 18.4 Å². The van der Waals surface area contributed by atoms with Crippen LogP contribution in [0.3, 0.4) is 0 Å². The number of ether oxygens (including phenoxy) is 2. The van der Waals surface area contributed by atoms with Crippen LogP contribution in [0.5, 0.6) is 5.75 Å². The van der Waals surface area contributed by atoms with E-state index in [1.807, 2.05) is 22.6 Å². The summed E-state index contributed by atoms with van der Waals surface area (Å²) in [5.41, 5.74) is 0. The second-order valence-corrected chi connectivity index (χ2v) is 3.71. The van der Waals surface area contributed by atoms with Gasteiger partial charge in [-0.3, -0.25) is 0 Å². The van der Waals surface area contributed by atoms with Gasteiger partial charge < -0.3 is 9.47 Å². The van der Waals surface area contributed by atoms with E-state index in [1.54, 1.807) is 6.07 Å². The summed E-state index contributed by atoms with van der Waals surface area (Å²) in [7, 11) is 1.47. The highest BCUT2D eigenvalue weighted by atomic mass is 127. The maximum atomic E-state index is 13.3. The van der Waals surface area contributed by atoms with Gasteiger partial charge in [-0.1, -0.05) is 11.6 Å². The zero-order valence-corrected chi connectivity index (χ0v) is 9.73. The molecule has 0 aliphatic rings. The van der Waals surface area contributed by atoms with Gasteiger partial charge in [-0.25, -0.2) is 4.39 Å². The molecule has 0 radical (unpaired) electrons. The molecule has 5 heteroatoms. The number of methoxy groups -OCH3 is 1. The van der Waals surface area contributed by atoms with Crippen molar-refractivity contribution in [3.05, 3.63) is 26.5 Å². The molecule has 0 atom stereocenters. The quantitative estimate of drug-likeness (QED) is 0.485. The summed E-state index contributed by atoms with van der Waals surface area (Å²) in [6, 6.07) is 3.05. The van der Waals surface area contributed by atoms with Gasteiger partial charge in [0.05, 0.1) is 8.59 Å². The number of rotatable bonds is 3. The zero-order valence-electron chi connectivity index (χ0n) is 6.81. The minimum absolute atomic E-state index is 0.0225. The Morgan fingerprint density at radius 2 is 2.23 bits per heavy atom. The Morgan fingerprint density at radius 1 is 1.54 bits per heavy atom. The third kappa shape index (κ3) is 2.69. The van der Waals surface area contributed by atoms with Crippen LogP contribution in [0, 0.1) is 9.39 Å². The lowest BCUT2D eigenvalue weighted by molar-refractivity contribution is 0.0482. The van der Waals surface area contributed by atoms with Crippen LogP contribution in [0.2, 0.25) is 5.02 Å². The summed E-state index contributed by atoms with van der Waals surface area (Å²) in [5, 5.41) is 0.378. The minimum atomic E-state index is -0.454. The molecule has 0 unspecified atom stereocenters. The standard InChI is InChI=1S/C8H7ClFIO2/c1-12-4-13-6-3-2-5(9)8(11)7(6)10/h2-3H,4H2,1H3. The third-order valence-electron chi connectivity index (χ3n) is 1.33. The Balaban J connectivity index is 2.90. The van der Waals surface area contributed by atoms with Crippen LogP contribution in [0.4, 0.5) is 4.39 Å². The van der Waals surface area contributed by atoms with Crippen molar-refractivity contribution in [3.8, 4) is 5.75 Å². The molecular weight excluding hydrogens is 309 g/mol. The van der Waals surface area contributed by atoms with Gasteiger partial charge in [0.1, 0.15) is 0 Å². The summed E-state index contributed by atoms with van der Waals surface area (Å²) >= 11 is 7.50. The highest BCUT2D eigenvalue weighted by Crippen LogP contribution is 2.28. The van der Waals surface area contributed by atoms with E-state index < -0.39 is 5.82 Å². The average Bonchev–Trinajstić information content (AvgIpc) is 2.13. The van der Waals surface area contributed by atoms with Gasteiger partial charge >= 0.3 is 0 Å². The van der Waals surface area contributed by atoms with Crippen LogP contribution in [0.1, 0.15) is 0 Å². The van der Waals surface area contributed by atoms with Crippen molar-refractivity contribution in [1.29, 1.82) is 0 Å². The predicted molar refractivity (Wildman–Crippen MR) is 56.6 cm³/mol. The van der Waals surface area contributed by atoms with Crippen molar-refractivity contribution in [1.82, 2.24) is 0 Å². The molecule has 0 saturated carbocycles. The molecule has 0 amide bonds. The molecule has 0 aliphatic heterocycles. The van der Waals surface area contributed by atoms with Crippen molar-refractivity contribution >= 4 is 34.2 Å². The van der Waals surface area contributed by atoms with Gasteiger partial charge in [-0.05, 0) is 34.7 Å². The molecule has 0 aromatic heterocycles. The van der Waals surface area contributed by atoms with E-state index >= 15 is 0 Å². The third-order valence-corrected chi connectivity index (χ3v) is 3.02. The first kappa shape index (κ1) is 11.0. The molecule has 1 aromatic carbocycles. The van der Waals surface area contributed by atoms with Crippen molar-refractivity contribution < 1.29 is 13.9 Å². The maximum absolute atomic E-state index is 13.3. The molecule has 0 saturated heterocycles. The van der Waals surface area contributed by atoms with Crippen molar-refractivity contribution in [2.75, 3.05) is 13.9 Å². The summed E-state index contributed by atoms with van der Waals surface area (Å²) in [6.07, 6.45) is 0. The molecule has 0 spiro atoms. The Bertz CT molecular complexity index is 306. The van der Waals surface area contributed by atoms with Gasteiger partial charge in [0, 0.05) is 7.11 Å². The molecule has 0 N–H and O–H groups in total. The second kappa shape index (κ2) is 4.97. The predicted octanol–water partition coefficient (Wildman–Crippen LogP) is 3.07. The zero-order chi connectivity index (χ0) is 9.84. The summed E-state index contributed by atoms with van der Waals surface area (Å²) in [4.78, 5) is 0. The molecule has 72 valence electrons. The fourth-order valence-corrected chi connectivity index (χ4v) is 1.33. The van der Waals surface area contributed by atoms with Crippen molar-refractivity contribution in [3.63, 3.8) is 0 Å². The Labute approximate surface area is 94.1 Å². The van der Waals surface area contributed by atoms with Crippen LogP contribution in [0.25, 0.3) is 0 Å². The fraction of sp³-hybridized carbons (Fsp3) is 0.250. The van der Waals surface area contributed by atoms with Crippen molar-refractivity contribution in [2.45, 2.75) is 0 Å². The SMILES string of the molecule is COCOc1ccc(Cl)c(I)c1F. The number of halogens is 3. The first-order chi connectivity index (χ1) is 6.16. The molecule has 0 fully saturated rings. The van der Waals surface area contributed by atoms with E-state index in [0.29, 0.717) is 8.59 Å². The summed E-state index contributed by atoms with van der Waals surface area (Å²) in [5.74, 6) is -0.305. The van der Waals surface area contributed by atoms with E-state index in [1.165, 1.54) is 13.2 Å². The van der Waals surface area contributed by atoms with Crippen LogP contribution in [-0.2, 0) is 4.74 Å². The Kier molecular flexibility index (Phi) is 4.21. The van der Waals surface area contributed by atoms with Crippen molar-refractivity contribution in [2.24, 2.45) is 0 Å². The Hall–Kier alpha value is -0.0700. The summed E-state index contributed by atoms with van der Waals surface area (Å²) in [6.45, 7) is 0.0225. The molecule has 0 bridgehead atoms. The molecule has 0 aliphatic carbocycles. The van der Waals surface area contributed by atoms with Gasteiger partial charge in [-0.2, -0.15) is 0 Å². The van der Waals surface area contributed by atoms with Crippen LogP contribution < -0.4 is 4.74 Å². The molecule has 1 aromatic rings. The molecular formula is C8H7ClFIO2. The van der Waals surface area contributed by atoms with E-state index in [2.05, 4.69) is 4.74 Å². The van der Waals surface area contributed by atoms with E-state index in [-0.39, 0.29) is 12.5 Å². The highest BCUT2D eigenvalue weighted by molar-refractivity contribution is 14.1. The molecule has 1 rings (SSSR count). The lowest BCUT2D eigenvalue weighted by Gasteiger charge is -2.07. The molecule has 2 nitrogen and oxygen atoms in total. The normalized spacial score (nSPS) is 10.2. The topological polar surface area (TPSA) is 18.5 Å². The number of hydrogen-bond acceptors (Lipinski definition) is 2. The molecule has 13 heavy (non-hydrogen) atoms. The minimum Gasteiger partial charge on any atom is -0.464 e. The average molecular weight is 316 g/mol. The summed E-state index contributed by atoms with van der Waals surface area (Å²) < 4.78 is 23.3. The largest absolute Gasteiger partial charge is 0.464 e. The monoisotopic (exact) mass is 316 g/mol. The van der Waals surface area contributed by atoms with Gasteiger partial charge in [0.2, 0.25) is 0 Å². The highest BCUT2D eigenvalue weighted by Gasteiger charge is 2.10. The lowest BCUT2D eigenvalue weighted by Crippen LogP contribution is -2.01. The maximum Gasteiger partial charge on any atom is 0.188 e. The fourth-order valence-electron chi connectivity index (χ4n) is 0.742. The van der Waals surface area contributed by atoms with Gasteiger partial charge in [0.25, 0.3) is 0 Å². The first-order valence-electron chi connectivity index (χ1n) is 3.42. The van der Waals surface area contributed by atoms with Crippen LogP contribution >= 0.6 is 34.2 Å². The number of benzene rings is 1. The van der Waals surface area contributed by atoms with Gasteiger partial charge in [-0.15, -0.1) is 0 Å². The second-order valence-electron chi connectivity index (χ2n) is 2.22. The first-order valence-corrected chi connectivity index (χ1v) is 4.87. The van der Waals surface area contributed by atoms with E-state index in [0.717, 1.165) is 0 Å². The van der Waals surface area contributed by atoms with Crippen LogP contribution in [0.15, 0.2) is 12.1 Å². The number of hydrogen-bond donors (Lipinski definition) is 0. The van der Waals surface area contributed by atoms with E-state index in [9.17, 15) is 4.39 Å². The molecule has 0 heterocycles. The Morgan fingerprint density at radius 3 is 2.85 bits per heavy atom. The smallest absolute Gasteiger partial charge is 0.188 e. The lowest BCUT2D eigenvalue weighted by atomic mass is 10.3.